The highest BCUT2D eigenvalue weighted by Gasteiger charge is 2.48. The van der Waals surface area contributed by atoms with Crippen molar-refractivity contribution in [1.82, 2.24) is 0 Å². The average Bonchev–Trinajstić information content (AvgIpc) is 2.41. The maximum Gasteiger partial charge on any atom is 0.142 e. The van der Waals surface area contributed by atoms with Gasteiger partial charge in [-0.2, -0.15) is 0 Å². The topological polar surface area (TPSA) is 38.7 Å². The Balaban J connectivity index is 2.59. The summed E-state index contributed by atoms with van der Waals surface area (Å²) in [6, 6.07) is 3.81. The molecule has 1 unspecified atom stereocenters. The van der Waals surface area contributed by atoms with Crippen molar-refractivity contribution in [1.29, 1.82) is 0 Å². The van der Waals surface area contributed by atoms with E-state index in [0.29, 0.717) is 11.5 Å². The second-order valence-electron chi connectivity index (χ2n) is 6.11. The molecule has 0 heterocycles. The lowest BCUT2D eigenvalue weighted by Gasteiger charge is -2.47. The summed E-state index contributed by atoms with van der Waals surface area (Å²) in [6.45, 7) is 4.26. The van der Waals surface area contributed by atoms with E-state index in [-0.39, 0.29) is 5.41 Å². The molecule has 0 spiro atoms. The summed E-state index contributed by atoms with van der Waals surface area (Å²) in [7, 11) is 3.25. The van der Waals surface area contributed by atoms with Gasteiger partial charge in [-0.3, -0.25) is 0 Å². The molecule has 2 rings (SSSR count). The highest BCUT2D eigenvalue weighted by atomic mass is 79.9. The molecular formula is C16H23BrO3. The zero-order chi connectivity index (χ0) is 15.0. The second kappa shape index (κ2) is 5.57. The van der Waals surface area contributed by atoms with Crippen molar-refractivity contribution in [3.8, 4) is 11.5 Å². The van der Waals surface area contributed by atoms with Crippen LogP contribution in [0.15, 0.2) is 16.6 Å². The minimum absolute atomic E-state index is 0.174. The Labute approximate surface area is 129 Å². The molecule has 20 heavy (non-hydrogen) atoms. The molecule has 0 radical (unpaired) electrons. The van der Waals surface area contributed by atoms with Crippen molar-refractivity contribution in [3.05, 3.63) is 22.2 Å². The highest BCUT2D eigenvalue weighted by molar-refractivity contribution is 9.10. The van der Waals surface area contributed by atoms with Crippen LogP contribution in [0.1, 0.15) is 45.1 Å². The normalized spacial score (nSPS) is 25.3. The Morgan fingerprint density at radius 1 is 1.10 bits per heavy atom. The molecule has 1 N–H and O–H groups in total. The molecular weight excluding hydrogens is 320 g/mol. The van der Waals surface area contributed by atoms with Crippen LogP contribution >= 0.6 is 15.9 Å². The van der Waals surface area contributed by atoms with Gasteiger partial charge in [-0.25, -0.2) is 0 Å². The van der Waals surface area contributed by atoms with E-state index in [1.54, 1.807) is 14.2 Å². The van der Waals surface area contributed by atoms with Crippen LogP contribution in [0.5, 0.6) is 11.5 Å². The third kappa shape index (κ3) is 2.33. The van der Waals surface area contributed by atoms with Crippen molar-refractivity contribution in [3.63, 3.8) is 0 Å². The van der Waals surface area contributed by atoms with Gasteiger partial charge in [-0.15, -0.1) is 0 Å². The van der Waals surface area contributed by atoms with E-state index >= 15 is 0 Å². The Bertz CT molecular complexity index is 499. The van der Waals surface area contributed by atoms with E-state index in [1.165, 1.54) is 0 Å². The first kappa shape index (κ1) is 15.6. The van der Waals surface area contributed by atoms with Crippen LogP contribution in [0.4, 0.5) is 0 Å². The molecule has 0 aromatic heterocycles. The minimum atomic E-state index is -0.870. The average molecular weight is 343 g/mol. The summed E-state index contributed by atoms with van der Waals surface area (Å²) < 4.78 is 11.6. The number of halogens is 1. The summed E-state index contributed by atoms with van der Waals surface area (Å²) in [6.07, 6.45) is 3.97. The van der Waals surface area contributed by atoms with Crippen LogP contribution in [0, 0.1) is 5.41 Å². The Morgan fingerprint density at radius 3 is 2.30 bits per heavy atom. The van der Waals surface area contributed by atoms with Crippen LogP contribution in [0.3, 0.4) is 0 Å². The van der Waals surface area contributed by atoms with Gasteiger partial charge >= 0.3 is 0 Å². The van der Waals surface area contributed by atoms with Crippen molar-refractivity contribution in [2.45, 2.75) is 45.1 Å². The number of ether oxygens (including phenoxy) is 2. The van der Waals surface area contributed by atoms with Crippen molar-refractivity contribution < 1.29 is 14.6 Å². The van der Waals surface area contributed by atoms with Crippen LogP contribution < -0.4 is 9.47 Å². The van der Waals surface area contributed by atoms with Gasteiger partial charge in [0.05, 0.1) is 19.8 Å². The zero-order valence-electron chi connectivity index (χ0n) is 12.6. The summed E-state index contributed by atoms with van der Waals surface area (Å²) in [5.41, 5.74) is -0.199. The van der Waals surface area contributed by atoms with Crippen LogP contribution in [-0.2, 0) is 5.60 Å². The highest BCUT2D eigenvalue weighted by Crippen LogP contribution is 2.54. The van der Waals surface area contributed by atoms with Crippen molar-refractivity contribution in [2.75, 3.05) is 14.2 Å². The van der Waals surface area contributed by atoms with Gasteiger partial charge in [0, 0.05) is 5.56 Å². The molecule has 0 aliphatic heterocycles. The number of rotatable bonds is 3. The first-order chi connectivity index (χ1) is 9.37. The fraction of sp³-hybridized carbons (Fsp3) is 0.625. The number of hydrogen-bond acceptors (Lipinski definition) is 3. The lowest BCUT2D eigenvalue weighted by molar-refractivity contribution is -0.105. The standard InChI is InChI=1S/C16H23BrO3/c1-15(2)9-5-6-10-16(15,18)11-7-8-12(19-3)13(17)14(11)20-4/h7-8,18H,5-6,9-10H2,1-4H3. The molecule has 4 heteroatoms. The monoisotopic (exact) mass is 342 g/mol. The summed E-state index contributed by atoms with van der Waals surface area (Å²) in [4.78, 5) is 0. The zero-order valence-corrected chi connectivity index (χ0v) is 14.2. The number of methoxy groups -OCH3 is 2. The summed E-state index contributed by atoms with van der Waals surface area (Å²) in [5, 5.41) is 11.3. The smallest absolute Gasteiger partial charge is 0.142 e. The first-order valence-electron chi connectivity index (χ1n) is 7.01. The van der Waals surface area contributed by atoms with Gasteiger partial charge in [0.2, 0.25) is 0 Å². The fourth-order valence-corrected chi connectivity index (χ4v) is 3.88. The van der Waals surface area contributed by atoms with E-state index in [4.69, 9.17) is 9.47 Å². The van der Waals surface area contributed by atoms with E-state index in [1.807, 2.05) is 12.1 Å². The Hall–Kier alpha value is -0.740. The van der Waals surface area contributed by atoms with E-state index in [9.17, 15) is 5.11 Å². The van der Waals surface area contributed by atoms with E-state index in [2.05, 4.69) is 29.8 Å². The van der Waals surface area contributed by atoms with Gasteiger partial charge in [0.15, 0.2) is 0 Å². The maximum atomic E-state index is 11.3. The van der Waals surface area contributed by atoms with Gasteiger partial charge in [0.1, 0.15) is 16.0 Å². The SMILES string of the molecule is COc1ccc(C2(O)CCCCC2(C)C)c(OC)c1Br. The quantitative estimate of drug-likeness (QED) is 0.892. The minimum Gasteiger partial charge on any atom is -0.495 e. The van der Waals surface area contributed by atoms with Crippen LogP contribution in [0.2, 0.25) is 0 Å². The Kier molecular flexibility index (Phi) is 4.35. The molecule has 3 nitrogen and oxygen atoms in total. The van der Waals surface area contributed by atoms with Crippen molar-refractivity contribution >= 4 is 15.9 Å². The first-order valence-corrected chi connectivity index (χ1v) is 7.80. The molecule has 0 bridgehead atoms. The maximum absolute atomic E-state index is 11.3. The molecule has 1 fully saturated rings. The van der Waals surface area contributed by atoms with E-state index in [0.717, 1.165) is 35.7 Å². The van der Waals surface area contributed by atoms with Crippen LogP contribution in [-0.4, -0.2) is 19.3 Å². The van der Waals surface area contributed by atoms with Gasteiger partial charge in [0.25, 0.3) is 0 Å². The van der Waals surface area contributed by atoms with Crippen molar-refractivity contribution in [2.24, 2.45) is 5.41 Å². The molecule has 1 aliphatic carbocycles. The molecule has 112 valence electrons. The molecule has 1 aromatic carbocycles. The predicted molar refractivity (Wildman–Crippen MR) is 83.4 cm³/mol. The second-order valence-corrected chi connectivity index (χ2v) is 6.91. The molecule has 1 aliphatic rings. The molecule has 0 saturated heterocycles. The molecule has 0 amide bonds. The lowest BCUT2D eigenvalue weighted by Crippen LogP contribution is -2.44. The number of hydrogen-bond donors (Lipinski definition) is 1. The largest absolute Gasteiger partial charge is 0.495 e. The van der Waals surface area contributed by atoms with Crippen LogP contribution in [0.25, 0.3) is 0 Å². The number of aliphatic hydroxyl groups is 1. The molecule has 1 atom stereocenters. The molecule has 1 aromatic rings. The fourth-order valence-electron chi connectivity index (χ4n) is 3.21. The number of benzene rings is 1. The van der Waals surface area contributed by atoms with Gasteiger partial charge < -0.3 is 14.6 Å². The third-order valence-corrected chi connectivity index (χ3v) is 5.39. The van der Waals surface area contributed by atoms with Gasteiger partial charge in [-0.1, -0.05) is 26.7 Å². The third-order valence-electron chi connectivity index (χ3n) is 4.64. The Morgan fingerprint density at radius 2 is 1.75 bits per heavy atom. The predicted octanol–water partition coefficient (Wildman–Crippen LogP) is 4.25. The van der Waals surface area contributed by atoms with E-state index < -0.39 is 5.60 Å². The summed E-state index contributed by atoms with van der Waals surface area (Å²) >= 11 is 3.52. The van der Waals surface area contributed by atoms with Gasteiger partial charge in [-0.05, 0) is 46.3 Å². The summed E-state index contributed by atoms with van der Waals surface area (Å²) in [5.74, 6) is 1.38. The lowest BCUT2D eigenvalue weighted by atomic mass is 9.62. The molecule has 1 saturated carbocycles.